The molecule has 0 spiro atoms. The lowest BCUT2D eigenvalue weighted by molar-refractivity contribution is 0.525. The molecule has 4 aromatic rings. The summed E-state index contributed by atoms with van der Waals surface area (Å²) >= 11 is 0. The molecular weight excluding hydrogens is 288 g/mol. The summed E-state index contributed by atoms with van der Waals surface area (Å²) in [6, 6.07) is 10.1. The van der Waals surface area contributed by atoms with Crippen LogP contribution in [0.3, 0.4) is 0 Å². The van der Waals surface area contributed by atoms with Crippen LogP contribution in [0.2, 0.25) is 0 Å². The van der Waals surface area contributed by atoms with E-state index in [1.54, 1.807) is 6.33 Å². The van der Waals surface area contributed by atoms with Crippen LogP contribution in [-0.2, 0) is 0 Å². The number of H-pyrrole nitrogens is 2. The van der Waals surface area contributed by atoms with E-state index in [-0.39, 0.29) is 6.04 Å². The van der Waals surface area contributed by atoms with Gasteiger partial charge in [0.15, 0.2) is 0 Å². The molecule has 6 heteroatoms. The largest absolute Gasteiger partial charge is 0.359 e. The van der Waals surface area contributed by atoms with Crippen LogP contribution in [0.15, 0.2) is 42.9 Å². The van der Waals surface area contributed by atoms with E-state index < -0.39 is 0 Å². The number of nitrogens with one attached hydrogen (secondary N) is 3. The summed E-state index contributed by atoms with van der Waals surface area (Å²) in [5, 5.41) is 4.50. The van der Waals surface area contributed by atoms with Crippen molar-refractivity contribution in [3.63, 3.8) is 0 Å². The van der Waals surface area contributed by atoms with Crippen molar-refractivity contribution in [3.8, 4) is 0 Å². The number of nitrogens with zero attached hydrogens (tertiary/aromatic N) is 3. The summed E-state index contributed by atoms with van der Waals surface area (Å²) in [5.41, 5.74) is 2.85. The lowest BCUT2D eigenvalue weighted by Gasteiger charge is -2.21. The molecule has 1 aromatic carbocycles. The maximum absolute atomic E-state index is 4.73. The number of imidazole rings is 1. The van der Waals surface area contributed by atoms with Crippen LogP contribution in [0.5, 0.6) is 0 Å². The van der Waals surface area contributed by atoms with Gasteiger partial charge < -0.3 is 15.3 Å². The van der Waals surface area contributed by atoms with Crippen molar-refractivity contribution in [1.29, 1.82) is 0 Å². The van der Waals surface area contributed by atoms with Crippen molar-refractivity contribution in [3.05, 3.63) is 48.7 Å². The van der Waals surface area contributed by atoms with Crippen molar-refractivity contribution in [2.24, 2.45) is 5.92 Å². The van der Waals surface area contributed by atoms with Crippen molar-refractivity contribution < 1.29 is 0 Å². The summed E-state index contributed by atoms with van der Waals surface area (Å²) in [6.45, 7) is 4.33. The maximum Gasteiger partial charge on any atom is 0.142 e. The third-order valence-electron chi connectivity index (χ3n) is 4.02. The van der Waals surface area contributed by atoms with Crippen molar-refractivity contribution in [2.75, 3.05) is 5.32 Å². The second-order valence-corrected chi connectivity index (χ2v) is 5.97. The standard InChI is InChI=1S/C17H18N6/c1-10(2)14(17-21-12-5-3-4-6-13(12)22-17)23-16-11-7-8-18-15(11)19-9-20-16/h3-10,14H,1-2H3,(H,21,22)(H2,18,19,20,23)/t14-/m1/s1. The van der Waals surface area contributed by atoms with E-state index in [2.05, 4.69) is 39.1 Å². The lowest BCUT2D eigenvalue weighted by atomic mass is 10.0. The molecule has 116 valence electrons. The van der Waals surface area contributed by atoms with Gasteiger partial charge in [0, 0.05) is 6.20 Å². The van der Waals surface area contributed by atoms with Crippen LogP contribution in [0.25, 0.3) is 22.1 Å². The minimum atomic E-state index is 0.0374. The number of hydrogen-bond donors (Lipinski definition) is 3. The molecule has 0 unspecified atom stereocenters. The molecule has 23 heavy (non-hydrogen) atoms. The Labute approximate surface area is 133 Å². The Balaban J connectivity index is 1.74. The lowest BCUT2D eigenvalue weighted by Crippen LogP contribution is -2.19. The second kappa shape index (κ2) is 5.39. The zero-order valence-electron chi connectivity index (χ0n) is 13.0. The third-order valence-corrected chi connectivity index (χ3v) is 4.02. The molecule has 3 aromatic heterocycles. The van der Waals surface area contributed by atoms with Crippen LogP contribution < -0.4 is 5.32 Å². The summed E-state index contributed by atoms with van der Waals surface area (Å²) in [4.78, 5) is 19.9. The minimum Gasteiger partial charge on any atom is -0.359 e. The minimum absolute atomic E-state index is 0.0374. The molecule has 0 amide bonds. The zero-order chi connectivity index (χ0) is 15.8. The zero-order valence-corrected chi connectivity index (χ0v) is 13.0. The predicted molar refractivity (Wildman–Crippen MR) is 91.2 cm³/mol. The highest BCUT2D eigenvalue weighted by Gasteiger charge is 2.21. The van der Waals surface area contributed by atoms with Crippen LogP contribution in [0.1, 0.15) is 25.7 Å². The van der Waals surface area contributed by atoms with Gasteiger partial charge in [0.2, 0.25) is 0 Å². The van der Waals surface area contributed by atoms with Gasteiger partial charge in [-0.1, -0.05) is 26.0 Å². The number of aromatic nitrogens is 5. The average Bonchev–Trinajstić information content (AvgIpc) is 3.18. The smallest absolute Gasteiger partial charge is 0.142 e. The van der Waals surface area contributed by atoms with Crippen LogP contribution in [-0.4, -0.2) is 24.9 Å². The molecule has 6 nitrogen and oxygen atoms in total. The first-order chi connectivity index (χ1) is 11.2. The predicted octanol–water partition coefficient (Wildman–Crippen LogP) is 3.64. The molecule has 4 rings (SSSR count). The van der Waals surface area contributed by atoms with E-state index >= 15 is 0 Å². The average molecular weight is 306 g/mol. The van der Waals surface area contributed by atoms with Gasteiger partial charge in [-0.05, 0) is 24.1 Å². The molecule has 0 radical (unpaired) electrons. The van der Waals surface area contributed by atoms with Gasteiger partial charge in [0.25, 0.3) is 0 Å². The van der Waals surface area contributed by atoms with E-state index in [4.69, 9.17) is 4.98 Å². The number of aromatic amines is 2. The van der Waals surface area contributed by atoms with Gasteiger partial charge in [0.05, 0.1) is 22.5 Å². The number of fused-ring (bicyclic) bond motifs is 2. The summed E-state index contributed by atoms with van der Waals surface area (Å²) in [6.07, 6.45) is 3.44. The van der Waals surface area contributed by atoms with Crippen LogP contribution >= 0.6 is 0 Å². The number of anilines is 1. The first-order valence-electron chi connectivity index (χ1n) is 7.71. The molecule has 0 aliphatic heterocycles. The fourth-order valence-electron chi connectivity index (χ4n) is 2.81. The Morgan fingerprint density at radius 1 is 1.09 bits per heavy atom. The summed E-state index contributed by atoms with van der Waals surface area (Å²) in [7, 11) is 0. The number of para-hydroxylation sites is 2. The highest BCUT2D eigenvalue weighted by atomic mass is 15.1. The van der Waals surface area contributed by atoms with Gasteiger partial charge in [-0.15, -0.1) is 0 Å². The Bertz CT molecular complexity index is 919. The molecule has 3 heterocycles. The highest BCUT2D eigenvalue weighted by molar-refractivity contribution is 5.86. The van der Waals surface area contributed by atoms with Crippen LogP contribution in [0, 0.1) is 5.92 Å². The molecule has 0 saturated heterocycles. The van der Waals surface area contributed by atoms with E-state index in [0.29, 0.717) is 5.92 Å². The van der Waals surface area contributed by atoms with Crippen LogP contribution in [0.4, 0.5) is 5.82 Å². The molecule has 0 saturated carbocycles. The first-order valence-corrected chi connectivity index (χ1v) is 7.71. The van der Waals surface area contributed by atoms with Gasteiger partial charge in [-0.3, -0.25) is 0 Å². The number of benzene rings is 1. The molecule has 0 aliphatic rings. The fraction of sp³-hybridized carbons (Fsp3) is 0.235. The first kappa shape index (κ1) is 13.8. The van der Waals surface area contributed by atoms with Crippen molar-refractivity contribution in [2.45, 2.75) is 19.9 Å². The molecule has 0 aliphatic carbocycles. The molecule has 0 bridgehead atoms. The SMILES string of the molecule is CC(C)[C@@H](Nc1ncnc2[nH]ccc12)c1nc2ccccc2[nH]1. The molecular formula is C17H18N6. The molecule has 3 N–H and O–H groups in total. The van der Waals surface area contributed by atoms with Crippen molar-refractivity contribution >= 4 is 27.9 Å². The Kier molecular flexibility index (Phi) is 3.22. The topological polar surface area (TPSA) is 82.3 Å². The number of rotatable bonds is 4. The van der Waals surface area contributed by atoms with E-state index in [9.17, 15) is 0 Å². The van der Waals surface area contributed by atoms with Gasteiger partial charge in [0.1, 0.15) is 23.6 Å². The summed E-state index contributed by atoms with van der Waals surface area (Å²) < 4.78 is 0. The van der Waals surface area contributed by atoms with Gasteiger partial charge in [-0.25, -0.2) is 15.0 Å². The van der Waals surface area contributed by atoms with Crippen molar-refractivity contribution in [1.82, 2.24) is 24.9 Å². The Morgan fingerprint density at radius 3 is 2.78 bits per heavy atom. The second-order valence-electron chi connectivity index (χ2n) is 5.97. The fourth-order valence-corrected chi connectivity index (χ4v) is 2.81. The normalized spacial score (nSPS) is 13.0. The van der Waals surface area contributed by atoms with E-state index in [0.717, 1.165) is 33.7 Å². The highest BCUT2D eigenvalue weighted by Crippen LogP contribution is 2.28. The number of hydrogen-bond acceptors (Lipinski definition) is 4. The van der Waals surface area contributed by atoms with Gasteiger partial charge in [-0.2, -0.15) is 0 Å². The molecule has 0 fully saturated rings. The quantitative estimate of drug-likeness (QED) is 0.537. The monoisotopic (exact) mass is 306 g/mol. The van der Waals surface area contributed by atoms with Gasteiger partial charge >= 0.3 is 0 Å². The molecule has 1 atom stereocenters. The maximum atomic E-state index is 4.73. The van der Waals surface area contributed by atoms with E-state index in [1.807, 2.05) is 36.5 Å². The third kappa shape index (κ3) is 2.42. The Hall–Kier alpha value is -2.89. The Morgan fingerprint density at radius 2 is 1.96 bits per heavy atom. The van der Waals surface area contributed by atoms with E-state index in [1.165, 1.54) is 0 Å². The summed E-state index contributed by atoms with van der Waals surface area (Å²) in [5.74, 6) is 2.08.